The van der Waals surface area contributed by atoms with E-state index in [1.54, 1.807) is 7.11 Å². The second-order valence-electron chi connectivity index (χ2n) is 8.39. The van der Waals surface area contributed by atoms with Crippen LogP contribution in [-0.2, 0) is 28.7 Å². The molecule has 2 aliphatic heterocycles. The average molecular weight is 395 g/mol. The minimum absolute atomic E-state index is 0.238. The van der Waals surface area contributed by atoms with E-state index in [1.165, 1.54) is 22.4 Å². The lowest BCUT2D eigenvalue weighted by molar-refractivity contribution is 0.0258. The third kappa shape index (κ3) is 4.69. The molecule has 0 saturated heterocycles. The molecule has 0 fully saturated rings. The lowest BCUT2D eigenvalue weighted by Gasteiger charge is -2.33. The normalized spacial score (nSPS) is 17.2. The van der Waals surface area contributed by atoms with E-state index >= 15 is 0 Å². The van der Waals surface area contributed by atoms with Gasteiger partial charge in [-0.2, -0.15) is 0 Å². The van der Waals surface area contributed by atoms with Gasteiger partial charge in [0.2, 0.25) is 0 Å². The van der Waals surface area contributed by atoms with Crippen molar-refractivity contribution in [2.75, 3.05) is 44.8 Å². The molecule has 0 bridgehead atoms. The maximum atomic E-state index is 12.5. The molecule has 0 aliphatic carbocycles. The smallest absolute Gasteiger partial charge is 0.410 e. The number of fused-ring (bicyclic) bond motifs is 2. The van der Waals surface area contributed by atoms with Gasteiger partial charge in [-0.3, -0.25) is 0 Å². The third-order valence-electron chi connectivity index (χ3n) is 5.20. The van der Waals surface area contributed by atoms with Gasteiger partial charge in [0.15, 0.2) is 0 Å². The quantitative estimate of drug-likeness (QED) is 0.774. The van der Waals surface area contributed by atoms with Crippen LogP contribution in [0.3, 0.4) is 0 Å². The fraction of sp³-hybridized carbons (Fsp3) is 0.667. The summed E-state index contributed by atoms with van der Waals surface area (Å²) in [7, 11) is 1.73. The standard InChI is InChI=1S/C21H31ClN2O3/c1-21(2,3)27-20(25)24-10-7-15-14-16-6-5-9-23(12-13-26-4)19(16)18(22)17(15)8-11-24/h14H,5-13H2,1-4H3. The molecule has 27 heavy (non-hydrogen) atoms. The zero-order valence-corrected chi connectivity index (χ0v) is 17.7. The topological polar surface area (TPSA) is 42.0 Å². The van der Waals surface area contributed by atoms with Gasteiger partial charge < -0.3 is 19.3 Å². The van der Waals surface area contributed by atoms with Crippen LogP contribution in [-0.4, -0.2) is 56.5 Å². The number of carbonyl (C=O) groups excluding carboxylic acids is 1. The third-order valence-corrected chi connectivity index (χ3v) is 5.61. The molecule has 1 aromatic carbocycles. The van der Waals surface area contributed by atoms with E-state index in [0.29, 0.717) is 19.7 Å². The number of amides is 1. The highest BCUT2D eigenvalue weighted by Gasteiger charge is 2.28. The lowest BCUT2D eigenvalue weighted by Crippen LogP contribution is -2.38. The Labute approximate surface area is 167 Å². The van der Waals surface area contributed by atoms with Crippen molar-refractivity contribution in [3.8, 4) is 0 Å². The molecule has 0 aromatic heterocycles. The molecule has 0 saturated carbocycles. The lowest BCUT2D eigenvalue weighted by atomic mass is 9.93. The van der Waals surface area contributed by atoms with E-state index < -0.39 is 5.60 Å². The number of anilines is 1. The molecule has 2 heterocycles. The van der Waals surface area contributed by atoms with Gasteiger partial charge in [0.1, 0.15) is 5.60 Å². The number of methoxy groups -OCH3 is 1. The highest BCUT2D eigenvalue weighted by Crippen LogP contribution is 2.40. The number of hydrogen-bond acceptors (Lipinski definition) is 4. The zero-order valence-electron chi connectivity index (χ0n) is 16.9. The first-order valence-corrected chi connectivity index (χ1v) is 10.2. The van der Waals surface area contributed by atoms with Gasteiger partial charge in [-0.05, 0) is 63.1 Å². The van der Waals surface area contributed by atoms with Crippen LogP contribution in [0.1, 0.15) is 43.9 Å². The summed E-state index contributed by atoms with van der Waals surface area (Å²) in [6, 6.07) is 2.31. The Morgan fingerprint density at radius 2 is 1.89 bits per heavy atom. The van der Waals surface area contributed by atoms with Crippen LogP contribution >= 0.6 is 11.6 Å². The average Bonchev–Trinajstić information content (AvgIpc) is 2.81. The Morgan fingerprint density at radius 1 is 1.15 bits per heavy atom. The summed E-state index contributed by atoms with van der Waals surface area (Å²) in [5.41, 5.74) is 4.48. The molecule has 1 amide bonds. The van der Waals surface area contributed by atoms with Crippen molar-refractivity contribution in [2.24, 2.45) is 0 Å². The molecular formula is C21H31ClN2O3. The first-order chi connectivity index (χ1) is 12.8. The van der Waals surface area contributed by atoms with Crippen LogP contribution < -0.4 is 4.90 Å². The minimum atomic E-state index is -0.477. The first-order valence-electron chi connectivity index (χ1n) is 9.85. The van der Waals surface area contributed by atoms with Crippen molar-refractivity contribution in [1.29, 1.82) is 0 Å². The molecule has 5 nitrogen and oxygen atoms in total. The van der Waals surface area contributed by atoms with Crippen molar-refractivity contribution in [3.63, 3.8) is 0 Å². The highest BCUT2D eigenvalue weighted by molar-refractivity contribution is 6.34. The molecule has 1 aromatic rings. The number of rotatable bonds is 3. The van der Waals surface area contributed by atoms with Crippen molar-refractivity contribution >= 4 is 23.4 Å². The van der Waals surface area contributed by atoms with Crippen LogP contribution in [0.2, 0.25) is 5.02 Å². The van der Waals surface area contributed by atoms with E-state index in [2.05, 4.69) is 11.0 Å². The molecule has 3 rings (SSSR count). The Balaban J connectivity index is 1.83. The van der Waals surface area contributed by atoms with E-state index in [9.17, 15) is 4.79 Å². The van der Waals surface area contributed by atoms with Crippen molar-refractivity contribution < 1.29 is 14.3 Å². The molecule has 0 unspecified atom stereocenters. The molecule has 6 heteroatoms. The van der Waals surface area contributed by atoms with E-state index in [-0.39, 0.29) is 6.09 Å². The number of ether oxygens (including phenoxy) is 2. The van der Waals surface area contributed by atoms with Gasteiger partial charge in [0.25, 0.3) is 0 Å². The number of hydrogen-bond donors (Lipinski definition) is 0. The predicted octanol–water partition coefficient (Wildman–Crippen LogP) is 4.07. The second-order valence-corrected chi connectivity index (χ2v) is 8.76. The van der Waals surface area contributed by atoms with Gasteiger partial charge in [-0.1, -0.05) is 17.7 Å². The van der Waals surface area contributed by atoms with Crippen molar-refractivity contribution in [3.05, 3.63) is 27.8 Å². The number of benzene rings is 1. The van der Waals surface area contributed by atoms with E-state index in [4.69, 9.17) is 21.1 Å². The van der Waals surface area contributed by atoms with Gasteiger partial charge in [-0.15, -0.1) is 0 Å². The Hall–Kier alpha value is -1.46. The molecular weight excluding hydrogens is 364 g/mol. The molecule has 0 radical (unpaired) electrons. The van der Waals surface area contributed by atoms with Crippen LogP contribution in [0, 0.1) is 0 Å². The summed E-state index contributed by atoms with van der Waals surface area (Å²) in [6.45, 7) is 9.57. The summed E-state index contributed by atoms with van der Waals surface area (Å²) >= 11 is 6.91. The maximum Gasteiger partial charge on any atom is 0.410 e. The zero-order chi connectivity index (χ0) is 19.6. The highest BCUT2D eigenvalue weighted by atomic mass is 35.5. The molecule has 0 atom stereocenters. The maximum absolute atomic E-state index is 12.5. The predicted molar refractivity (Wildman–Crippen MR) is 109 cm³/mol. The SMILES string of the molecule is COCCN1CCCc2cc3c(c(Cl)c21)CCN(C(=O)OC(C)(C)C)CC3. The van der Waals surface area contributed by atoms with Crippen LogP contribution in [0.4, 0.5) is 10.5 Å². The van der Waals surface area contributed by atoms with Gasteiger partial charge >= 0.3 is 6.09 Å². The van der Waals surface area contributed by atoms with Crippen molar-refractivity contribution in [2.45, 2.75) is 52.1 Å². The number of aryl methyl sites for hydroxylation is 1. The number of halogens is 1. The fourth-order valence-electron chi connectivity index (χ4n) is 3.94. The second kappa shape index (κ2) is 8.27. The minimum Gasteiger partial charge on any atom is -0.444 e. The molecule has 0 spiro atoms. The summed E-state index contributed by atoms with van der Waals surface area (Å²) in [5, 5.41) is 0.865. The number of nitrogens with zero attached hydrogens (tertiary/aromatic N) is 2. The molecule has 0 N–H and O–H groups in total. The van der Waals surface area contributed by atoms with Gasteiger partial charge in [0, 0.05) is 33.3 Å². The molecule has 150 valence electrons. The number of carbonyl (C=O) groups is 1. The monoisotopic (exact) mass is 394 g/mol. The molecule has 2 aliphatic rings. The van der Waals surface area contributed by atoms with Gasteiger partial charge in [0.05, 0.1) is 17.3 Å². The summed E-state index contributed by atoms with van der Waals surface area (Å²) in [6.07, 6.45) is 3.54. The summed E-state index contributed by atoms with van der Waals surface area (Å²) in [4.78, 5) is 16.6. The fourth-order valence-corrected chi connectivity index (χ4v) is 4.39. The van der Waals surface area contributed by atoms with E-state index in [0.717, 1.165) is 43.8 Å². The Morgan fingerprint density at radius 3 is 2.59 bits per heavy atom. The van der Waals surface area contributed by atoms with Crippen LogP contribution in [0.15, 0.2) is 6.07 Å². The van der Waals surface area contributed by atoms with Crippen molar-refractivity contribution in [1.82, 2.24) is 4.90 Å². The van der Waals surface area contributed by atoms with E-state index in [1.807, 2.05) is 25.7 Å². The largest absolute Gasteiger partial charge is 0.444 e. The Kier molecular flexibility index (Phi) is 6.21. The van der Waals surface area contributed by atoms with Gasteiger partial charge in [-0.25, -0.2) is 4.79 Å². The Bertz CT molecular complexity index is 700. The summed E-state index contributed by atoms with van der Waals surface area (Å²) in [5.74, 6) is 0. The van der Waals surface area contributed by atoms with Crippen LogP contribution in [0.5, 0.6) is 0 Å². The summed E-state index contributed by atoms with van der Waals surface area (Å²) < 4.78 is 10.8. The van der Waals surface area contributed by atoms with Crippen LogP contribution in [0.25, 0.3) is 0 Å². The first kappa shape index (κ1) is 20.3.